The highest BCUT2D eigenvalue weighted by Gasteiger charge is 2.10. The lowest BCUT2D eigenvalue weighted by Crippen LogP contribution is -2.31. The number of carbonyl (C=O) groups excluding carboxylic acids is 1. The highest BCUT2D eigenvalue weighted by Crippen LogP contribution is 2.18. The minimum Gasteiger partial charge on any atom is -0.460 e. The molecule has 0 saturated heterocycles. The summed E-state index contributed by atoms with van der Waals surface area (Å²) in [6.07, 6.45) is 4.58. The third kappa shape index (κ3) is 8.21. The van der Waals surface area contributed by atoms with Gasteiger partial charge in [0.05, 0.1) is 25.4 Å². The molecule has 0 amide bonds. The number of aryl methyl sites for hydroxylation is 1. The van der Waals surface area contributed by atoms with Crippen molar-refractivity contribution >= 4 is 26.8 Å². The van der Waals surface area contributed by atoms with Crippen molar-refractivity contribution in [2.45, 2.75) is 29.9 Å². The molecule has 27 heavy (non-hydrogen) atoms. The zero-order valence-corrected chi connectivity index (χ0v) is 17.6. The lowest BCUT2D eigenvalue weighted by Gasteiger charge is -2.07. The van der Waals surface area contributed by atoms with Crippen molar-refractivity contribution in [2.75, 3.05) is 19.8 Å². The molecule has 1 radical (unpaired) electrons. The molecule has 0 atom stereocenters. The summed E-state index contributed by atoms with van der Waals surface area (Å²) in [5, 5.41) is 0.941. The number of nitrogens with zero attached hydrogens (tertiary/aromatic N) is 2. The van der Waals surface area contributed by atoms with Gasteiger partial charge in [-0.3, -0.25) is 0 Å². The molecule has 0 bridgehead atoms. The van der Waals surface area contributed by atoms with Crippen LogP contribution < -0.4 is 4.57 Å². The molecule has 145 valence electrons. The number of ether oxygens (including phenoxy) is 2. The number of aromatic nitrogens is 2. The monoisotopic (exact) mass is 406 g/mol. The first-order chi connectivity index (χ1) is 13.1. The fourth-order valence-electron chi connectivity index (χ4n) is 2.26. The maximum Gasteiger partial charge on any atom is 0.359 e. The third-order valence-electron chi connectivity index (χ3n) is 3.73. The van der Waals surface area contributed by atoms with E-state index in [2.05, 4.69) is 4.98 Å². The van der Waals surface area contributed by atoms with Crippen molar-refractivity contribution in [3.8, 4) is 0 Å². The van der Waals surface area contributed by atoms with Crippen LogP contribution in [0.4, 0.5) is 0 Å². The summed E-state index contributed by atoms with van der Waals surface area (Å²) in [4.78, 5) is 25.6. The van der Waals surface area contributed by atoms with E-state index >= 15 is 0 Å². The summed E-state index contributed by atoms with van der Waals surface area (Å²) in [6, 6.07) is 10.1. The summed E-state index contributed by atoms with van der Waals surface area (Å²) >= 11 is 1.64. The fraction of sp³-hybridized carbons (Fsp3) is 0.421. The van der Waals surface area contributed by atoms with Gasteiger partial charge in [-0.1, -0.05) is 12.1 Å². The normalized spacial score (nSPS) is 11.0. The van der Waals surface area contributed by atoms with E-state index < -0.39 is 9.04 Å². The van der Waals surface area contributed by atoms with Gasteiger partial charge in [0.2, 0.25) is 9.04 Å². The van der Waals surface area contributed by atoms with Crippen LogP contribution in [0.5, 0.6) is 0 Å². The molecule has 0 saturated carbocycles. The molecule has 1 heterocycles. The topological polar surface area (TPSA) is 72.5 Å². The van der Waals surface area contributed by atoms with E-state index in [0.29, 0.717) is 18.8 Å². The van der Waals surface area contributed by atoms with Crippen molar-refractivity contribution < 1.29 is 23.6 Å². The number of hydrogen-bond donors (Lipinski definition) is 1. The van der Waals surface area contributed by atoms with Gasteiger partial charge in [-0.25, -0.2) is 9.36 Å². The Morgan fingerprint density at radius 1 is 1.26 bits per heavy atom. The second-order valence-corrected chi connectivity index (χ2v) is 9.00. The van der Waals surface area contributed by atoms with E-state index in [9.17, 15) is 9.59 Å². The van der Waals surface area contributed by atoms with Crippen LogP contribution in [0.2, 0.25) is 12.6 Å². The number of esters is 1. The van der Waals surface area contributed by atoms with Crippen molar-refractivity contribution in [1.82, 2.24) is 4.98 Å². The number of thioether (sulfide) groups is 1. The van der Waals surface area contributed by atoms with Crippen molar-refractivity contribution in [3.63, 3.8) is 0 Å². The average molecular weight is 407 g/mol. The summed E-state index contributed by atoms with van der Waals surface area (Å²) in [5.74, 6) is 0.436. The van der Waals surface area contributed by atoms with Crippen LogP contribution in [-0.4, -0.2) is 44.6 Å². The highest BCUT2D eigenvalue weighted by molar-refractivity contribution is 7.98. The Hall–Kier alpha value is -1.74. The van der Waals surface area contributed by atoms with E-state index in [1.165, 1.54) is 0 Å². The molecular formula is C19H26N2O4SSi+. The van der Waals surface area contributed by atoms with Crippen LogP contribution in [0.25, 0.3) is 0 Å². The van der Waals surface area contributed by atoms with E-state index in [-0.39, 0.29) is 12.6 Å². The van der Waals surface area contributed by atoms with Crippen molar-refractivity contribution in [3.05, 3.63) is 53.9 Å². The molecule has 0 aliphatic rings. The largest absolute Gasteiger partial charge is 0.460 e. The molecule has 2 aromatic rings. The first-order valence-electron chi connectivity index (χ1n) is 8.85. The summed E-state index contributed by atoms with van der Waals surface area (Å²) < 4.78 is 12.6. The van der Waals surface area contributed by atoms with Crippen LogP contribution in [0, 0.1) is 0 Å². The molecule has 6 nitrogen and oxygen atoms in total. The van der Waals surface area contributed by atoms with Gasteiger partial charge in [-0.2, -0.15) is 0 Å². The van der Waals surface area contributed by atoms with Gasteiger partial charge in [0.25, 0.3) is 0 Å². The molecule has 0 aliphatic carbocycles. The maximum atomic E-state index is 12.0. The molecule has 1 N–H and O–H groups in total. The Labute approximate surface area is 166 Å². The smallest absolute Gasteiger partial charge is 0.359 e. The predicted molar refractivity (Wildman–Crippen MR) is 106 cm³/mol. The fourth-order valence-corrected chi connectivity index (χ4v) is 3.81. The Morgan fingerprint density at radius 2 is 2.04 bits per heavy atom. The number of carbonyl (C=O) groups is 1. The number of benzene rings is 1. The van der Waals surface area contributed by atoms with E-state index in [0.717, 1.165) is 28.9 Å². The molecule has 0 spiro atoms. The van der Waals surface area contributed by atoms with Gasteiger partial charge in [-0.15, -0.1) is 0 Å². The van der Waals surface area contributed by atoms with Gasteiger partial charge in [0, 0.05) is 18.4 Å². The first-order valence-corrected chi connectivity index (χ1v) is 12.0. The van der Waals surface area contributed by atoms with Crippen LogP contribution in [-0.2, 0) is 22.3 Å². The second-order valence-electron chi connectivity index (χ2n) is 6.09. The average Bonchev–Trinajstić information content (AvgIpc) is 2.66. The quantitative estimate of drug-likeness (QED) is 0.154. The Balaban J connectivity index is 1.68. The van der Waals surface area contributed by atoms with Crippen molar-refractivity contribution in [2.24, 2.45) is 7.05 Å². The van der Waals surface area contributed by atoms with Crippen LogP contribution in [0.15, 0.2) is 47.9 Å². The lowest BCUT2D eigenvalue weighted by atomic mass is 10.1. The maximum absolute atomic E-state index is 12.0. The molecule has 0 unspecified atom stereocenters. The van der Waals surface area contributed by atoms with Crippen LogP contribution >= 0.6 is 11.8 Å². The minimum atomic E-state index is -1.17. The highest BCUT2D eigenvalue weighted by atomic mass is 32.2. The van der Waals surface area contributed by atoms with Crippen LogP contribution in [0.1, 0.15) is 22.3 Å². The van der Waals surface area contributed by atoms with Gasteiger partial charge < -0.3 is 14.3 Å². The van der Waals surface area contributed by atoms with Gasteiger partial charge in [-0.05, 0) is 53.5 Å². The zero-order chi connectivity index (χ0) is 19.5. The Morgan fingerprint density at radius 3 is 2.74 bits per heavy atom. The molecule has 2 rings (SSSR count). The molecule has 8 heteroatoms. The summed E-state index contributed by atoms with van der Waals surface area (Å²) in [5.41, 5.74) is 1.65. The predicted octanol–water partition coefficient (Wildman–Crippen LogP) is 2.38. The minimum absolute atomic E-state index is 0.232. The van der Waals surface area contributed by atoms with Gasteiger partial charge >= 0.3 is 11.1 Å². The van der Waals surface area contributed by atoms with Gasteiger partial charge in [0.15, 0.2) is 0 Å². The third-order valence-corrected chi connectivity index (χ3v) is 5.93. The van der Waals surface area contributed by atoms with Crippen LogP contribution in [0.3, 0.4) is 0 Å². The zero-order valence-electron chi connectivity index (χ0n) is 15.8. The molecule has 0 aliphatic heterocycles. The van der Waals surface area contributed by atoms with E-state index in [1.807, 2.05) is 42.6 Å². The summed E-state index contributed by atoms with van der Waals surface area (Å²) in [6.45, 7) is 3.05. The summed E-state index contributed by atoms with van der Waals surface area (Å²) in [7, 11) is 0.792. The standard InChI is InChI=1S/C19H26N2O4SSi/c1-21-10-3-9-20-19(21)26-15-16-5-7-17(8-6-16)18(22)25-13-12-24-11-4-14-27(2)23/h3,5-10,23H,4,11-15H2,1-2H3/q+1. The molecule has 0 fully saturated rings. The Bertz CT molecular complexity index is 713. The van der Waals surface area contributed by atoms with Gasteiger partial charge in [0.1, 0.15) is 12.8 Å². The van der Waals surface area contributed by atoms with E-state index in [1.54, 1.807) is 30.1 Å². The number of hydrogen-bond acceptors (Lipinski definition) is 6. The first kappa shape index (κ1) is 21.6. The number of rotatable bonds is 11. The van der Waals surface area contributed by atoms with Crippen molar-refractivity contribution in [1.29, 1.82) is 0 Å². The molecule has 1 aromatic carbocycles. The molecule has 1 aromatic heterocycles. The molecular weight excluding hydrogens is 380 g/mol. The second kappa shape index (κ2) is 11.9. The Kier molecular flexibility index (Phi) is 9.47. The lowest BCUT2D eigenvalue weighted by molar-refractivity contribution is -0.713. The SMILES string of the molecule is C[n+]1cccnc1SCc1ccc(C(=O)OCCOCCC[Si](C)O)cc1. The van der Waals surface area contributed by atoms with E-state index in [4.69, 9.17) is 9.47 Å².